The largest absolute Gasteiger partial charge is 1.00 e. The first-order valence-corrected chi connectivity index (χ1v) is 4.30. The van der Waals surface area contributed by atoms with Crippen LogP contribution in [0.2, 0.25) is 0 Å². The van der Waals surface area contributed by atoms with Gasteiger partial charge in [0.05, 0.1) is 0 Å². The van der Waals surface area contributed by atoms with E-state index in [9.17, 15) is 4.79 Å². The lowest BCUT2D eigenvalue weighted by atomic mass is 9.91. The van der Waals surface area contributed by atoms with Crippen molar-refractivity contribution in [2.45, 2.75) is 44.1 Å². The summed E-state index contributed by atoms with van der Waals surface area (Å²) in [5.41, 5.74) is 8.74. The molecule has 1 aliphatic carbocycles. The monoisotopic (exact) mass is 192 g/mol. The summed E-state index contributed by atoms with van der Waals surface area (Å²) in [6.45, 7) is 0. The number of hydrogen-bond donors (Lipinski definition) is 2. The molecule has 1 aliphatic rings. The zero-order chi connectivity index (χ0) is 8.32. The molecule has 0 unspecified atom stereocenters. The van der Waals surface area contributed by atoms with Crippen LogP contribution in [0.25, 0.3) is 0 Å². The molecule has 0 aromatic carbocycles. The van der Waals surface area contributed by atoms with Crippen LogP contribution in [0.4, 0.5) is 0 Å². The average Bonchev–Trinajstić information content (AvgIpc) is 2.15. The van der Waals surface area contributed by atoms with E-state index in [1.807, 2.05) is 0 Å². The second kappa shape index (κ2) is 4.67. The zero-order valence-electron chi connectivity index (χ0n) is 7.31. The fourth-order valence-electron chi connectivity index (χ4n) is 1.65. The first kappa shape index (κ1) is 11.7. The summed E-state index contributed by atoms with van der Waals surface area (Å²) in [6, 6.07) is 0. The van der Waals surface area contributed by atoms with E-state index in [1.54, 1.807) is 0 Å². The Labute approximate surface area is 79.3 Å². The molecule has 3 nitrogen and oxygen atoms in total. The molecule has 0 aromatic heterocycles. The van der Waals surface area contributed by atoms with Crippen molar-refractivity contribution in [2.24, 2.45) is 5.73 Å². The van der Waals surface area contributed by atoms with Gasteiger partial charge in [-0.1, -0.05) is 12.8 Å². The van der Waals surface area contributed by atoms with Gasteiger partial charge in [-0.15, -0.1) is 0 Å². The molecule has 0 bridgehead atoms. The topological polar surface area (TPSA) is 70.7 Å². The Balaban J connectivity index is 0.00000121. The number of nitrogens with two attached hydrogens (primary N) is 1. The lowest BCUT2D eigenvalue weighted by Gasteiger charge is -2.19. The normalized spacial score (nSPS) is 22.1. The zero-order valence-corrected chi connectivity index (χ0v) is 8.07. The molecule has 1 saturated carbocycles. The van der Waals surface area contributed by atoms with E-state index in [0.717, 1.165) is 25.7 Å². The molecule has 0 aliphatic heterocycles. The van der Waals surface area contributed by atoms with Crippen molar-refractivity contribution < 1.29 is 22.9 Å². The molecule has 72 valence electrons. The highest BCUT2D eigenvalue weighted by molar-refractivity contribution is 5.82. The molecule has 0 saturated heterocycles. The highest BCUT2D eigenvalue weighted by atomic mass is 35.5. The van der Waals surface area contributed by atoms with Crippen molar-refractivity contribution in [2.75, 3.05) is 0 Å². The molecule has 4 heteroatoms. The Bertz CT molecular complexity index is 153. The highest BCUT2D eigenvalue weighted by Gasteiger charge is 2.36. The standard InChI is InChI=1S/C8H16N2O.ClH/c9-7(11)8(10)5-3-1-2-4-6-8;/h1-6,10H2,(H2,9,11);1H. The van der Waals surface area contributed by atoms with Crippen molar-refractivity contribution in [3.05, 3.63) is 0 Å². The number of quaternary nitrogens is 1. The minimum absolute atomic E-state index is 0. The van der Waals surface area contributed by atoms with Gasteiger partial charge in [0.1, 0.15) is 0 Å². The predicted octanol–water partition coefficient (Wildman–Crippen LogP) is -3.19. The summed E-state index contributed by atoms with van der Waals surface area (Å²) in [4.78, 5) is 11.0. The Kier molecular flexibility index (Phi) is 4.57. The first-order chi connectivity index (χ1) is 5.15. The van der Waals surface area contributed by atoms with Gasteiger partial charge in [-0.05, 0) is 12.8 Å². The van der Waals surface area contributed by atoms with Crippen LogP contribution in [0, 0.1) is 0 Å². The number of halogens is 1. The average molecular weight is 193 g/mol. The van der Waals surface area contributed by atoms with Crippen LogP contribution in [-0.2, 0) is 4.79 Å². The van der Waals surface area contributed by atoms with Gasteiger partial charge in [0.15, 0.2) is 5.54 Å². The summed E-state index contributed by atoms with van der Waals surface area (Å²) in [5, 5.41) is 0. The number of amides is 1. The quantitative estimate of drug-likeness (QED) is 0.423. The molecule has 12 heavy (non-hydrogen) atoms. The number of carbonyl (C=O) groups is 1. The van der Waals surface area contributed by atoms with Gasteiger partial charge < -0.3 is 23.9 Å². The summed E-state index contributed by atoms with van der Waals surface area (Å²) in [6.07, 6.45) is 6.42. The van der Waals surface area contributed by atoms with Crippen LogP contribution in [0.15, 0.2) is 0 Å². The Morgan fingerprint density at radius 1 is 1.17 bits per heavy atom. The molecule has 0 aromatic rings. The molecule has 0 radical (unpaired) electrons. The van der Waals surface area contributed by atoms with Gasteiger partial charge in [0.2, 0.25) is 0 Å². The SMILES string of the molecule is NC(=O)C1([NH3+])CCCCCC1.[Cl-]. The van der Waals surface area contributed by atoms with Crippen LogP contribution >= 0.6 is 0 Å². The minimum atomic E-state index is -0.448. The van der Waals surface area contributed by atoms with Gasteiger partial charge in [-0.25, -0.2) is 0 Å². The van der Waals surface area contributed by atoms with Gasteiger partial charge >= 0.3 is 0 Å². The van der Waals surface area contributed by atoms with Crippen LogP contribution in [0.3, 0.4) is 0 Å². The predicted molar refractivity (Wildman–Crippen MR) is 42.5 cm³/mol. The van der Waals surface area contributed by atoms with Crippen LogP contribution < -0.4 is 23.9 Å². The number of carbonyl (C=O) groups excluding carboxylic acids is 1. The lowest BCUT2D eigenvalue weighted by Crippen LogP contribution is -3.00. The van der Waals surface area contributed by atoms with E-state index < -0.39 is 5.54 Å². The summed E-state index contributed by atoms with van der Waals surface area (Å²) >= 11 is 0. The fraction of sp³-hybridized carbons (Fsp3) is 0.875. The maximum Gasteiger partial charge on any atom is 0.278 e. The van der Waals surface area contributed by atoms with Crippen molar-refractivity contribution in [3.8, 4) is 0 Å². The minimum Gasteiger partial charge on any atom is -1.00 e. The van der Waals surface area contributed by atoms with Crippen molar-refractivity contribution in [3.63, 3.8) is 0 Å². The van der Waals surface area contributed by atoms with Crippen LogP contribution in [0.1, 0.15) is 38.5 Å². The van der Waals surface area contributed by atoms with E-state index >= 15 is 0 Å². The van der Waals surface area contributed by atoms with Gasteiger partial charge in [-0.2, -0.15) is 0 Å². The number of primary amides is 1. The van der Waals surface area contributed by atoms with E-state index in [4.69, 9.17) is 5.73 Å². The van der Waals surface area contributed by atoms with Crippen LogP contribution in [0.5, 0.6) is 0 Å². The molecule has 1 amide bonds. The second-order valence-corrected chi connectivity index (χ2v) is 3.56. The maximum atomic E-state index is 11.0. The molecule has 0 heterocycles. The number of rotatable bonds is 1. The Morgan fingerprint density at radius 3 is 1.92 bits per heavy atom. The van der Waals surface area contributed by atoms with E-state index in [-0.39, 0.29) is 18.3 Å². The molecule has 5 N–H and O–H groups in total. The first-order valence-electron chi connectivity index (χ1n) is 4.30. The maximum absolute atomic E-state index is 11.0. The van der Waals surface area contributed by atoms with Crippen molar-refractivity contribution in [1.82, 2.24) is 0 Å². The van der Waals surface area contributed by atoms with Crippen molar-refractivity contribution in [1.29, 1.82) is 0 Å². The van der Waals surface area contributed by atoms with E-state index in [2.05, 4.69) is 5.73 Å². The third-order valence-corrected chi connectivity index (χ3v) is 2.58. The molecular weight excluding hydrogens is 176 g/mol. The highest BCUT2D eigenvalue weighted by Crippen LogP contribution is 2.22. The summed E-state index contributed by atoms with van der Waals surface area (Å²) < 4.78 is 0. The third-order valence-electron chi connectivity index (χ3n) is 2.58. The Morgan fingerprint density at radius 2 is 1.58 bits per heavy atom. The van der Waals surface area contributed by atoms with E-state index in [1.165, 1.54) is 12.8 Å². The van der Waals surface area contributed by atoms with Gasteiger partial charge in [-0.3, -0.25) is 4.79 Å². The molecule has 1 rings (SSSR count). The second-order valence-electron chi connectivity index (χ2n) is 3.56. The Hall–Kier alpha value is -0.280. The third kappa shape index (κ3) is 2.64. The molecular formula is C8H17ClN2O. The lowest BCUT2D eigenvalue weighted by molar-refractivity contribution is -0.460. The summed E-state index contributed by atoms with van der Waals surface area (Å²) in [7, 11) is 0. The molecule has 0 spiro atoms. The molecule has 1 fully saturated rings. The van der Waals surface area contributed by atoms with Crippen molar-refractivity contribution >= 4 is 5.91 Å². The smallest absolute Gasteiger partial charge is 0.278 e. The summed E-state index contributed by atoms with van der Waals surface area (Å²) in [5.74, 6) is -0.223. The fourth-order valence-corrected chi connectivity index (χ4v) is 1.65. The van der Waals surface area contributed by atoms with Gasteiger partial charge in [0, 0.05) is 12.8 Å². The van der Waals surface area contributed by atoms with Gasteiger partial charge in [0.25, 0.3) is 5.91 Å². The van der Waals surface area contributed by atoms with E-state index in [0.29, 0.717) is 0 Å². The number of hydrogen-bond acceptors (Lipinski definition) is 1. The van der Waals surface area contributed by atoms with Crippen LogP contribution in [-0.4, -0.2) is 11.4 Å². The molecule has 0 atom stereocenters.